The lowest BCUT2D eigenvalue weighted by atomic mass is 10.2. The number of nitrogens with zero attached hydrogens (tertiary/aromatic N) is 2. The van der Waals surface area contributed by atoms with Crippen LogP contribution >= 0.6 is 11.6 Å². The van der Waals surface area contributed by atoms with Crippen LogP contribution < -0.4 is 4.90 Å². The van der Waals surface area contributed by atoms with E-state index in [4.69, 9.17) is 21.4 Å². The summed E-state index contributed by atoms with van der Waals surface area (Å²) in [6.45, 7) is 5.24. The molecule has 5 nitrogen and oxygen atoms in total. The van der Waals surface area contributed by atoms with Gasteiger partial charge in [-0.1, -0.05) is 18.5 Å². The second-order valence-electron chi connectivity index (χ2n) is 4.24. The first kappa shape index (κ1) is 15.7. The van der Waals surface area contributed by atoms with Crippen LogP contribution in [0, 0.1) is 0 Å². The molecule has 0 radical (unpaired) electrons. The molecule has 0 spiro atoms. The lowest BCUT2D eigenvalue weighted by molar-refractivity contribution is 0.0697. The van der Waals surface area contributed by atoms with Crippen molar-refractivity contribution in [2.24, 2.45) is 0 Å². The van der Waals surface area contributed by atoms with Crippen molar-refractivity contribution in [3.8, 4) is 0 Å². The maximum absolute atomic E-state index is 11.1. The van der Waals surface area contributed by atoms with Crippen molar-refractivity contribution in [1.29, 1.82) is 0 Å². The molecular weight excluding hydrogens is 268 g/mol. The molecule has 6 heteroatoms. The normalized spacial score (nSPS) is 12.2. The number of carboxylic acid groups (broad SMARTS) is 1. The van der Waals surface area contributed by atoms with E-state index in [2.05, 4.69) is 11.9 Å². The fraction of sp³-hybridized carbons (Fsp3) is 0.538. The maximum Gasteiger partial charge on any atom is 0.337 e. The Morgan fingerprint density at radius 1 is 1.63 bits per heavy atom. The Bertz CT molecular complexity index is 440. The third-order valence-electron chi connectivity index (χ3n) is 3.03. The number of anilines is 1. The molecule has 1 rings (SSSR count). The van der Waals surface area contributed by atoms with Gasteiger partial charge < -0.3 is 14.7 Å². The third kappa shape index (κ3) is 3.81. The van der Waals surface area contributed by atoms with Crippen molar-refractivity contribution in [2.75, 3.05) is 25.2 Å². The smallest absolute Gasteiger partial charge is 0.337 e. The van der Waals surface area contributed by atoms with Crippen LogP contribution in [0.3, 0.4) is 0 Å². The van der Waals surface area contributed by atoms with Gasteiger partial charge in [0.25, 0.3) is 0 Å². The van der Waals surface area contributed by atoms with E-state index in [9.17, 15) is 4.79 Å². The van der Waals surface area contributed by atoms with Crippen LogP contribution in [0.4, 0.5) is 5.82 Å². The highest BCUT2D eigenvalue weighted by atomic mass is 35.5. The Balaban J connectivity index is 3.14. The van der Waals surface area contributed by atoms with Crippen molar-refractivity contribution >= 4 is 23.4 Å². The van der Waals surface area contributed by atoms with Gasteiger partial charge in [0.2, 0.25) is 0 Å². The Hall–Kier alpha value is -1.33. The lowest BCUT2D eigenvalue weighted by Gasteiger charge is -2.30. The first-order valence-electron chi connectivity index (χ1n) is 6.16. The highest BCUT2D eigenvalue weighted by molar-refractivity contribution is 6.35. The molecule has 0 fully saturated rings. The summed E-state index contributed by atoms with van der Waals surface area (Å²) in [6, 6.07) is 1.60. The average Bonchev–Trinajstić information content (AvgIpc) is 2.39. The number of carboxylic acids is 1. The molecular formula is C13H19ClN2O3. The van der Waals surface area contributed by atoms with Crippen LogP contribution in [0.1, 0.15) is 30.6 Å². The molecule has 106 valence electrons. The molecule has 0 bridgehead atoms. The van der Waals surface area contributed by atoms with Gasteiger partial charge >= 0.3 is 5.97 Å². The van der Waals surface area contributed by atoms with Crippen LogP contribution in [0.15, 0.2) is 12.3 Å². The molecule has 0 amide bonds. The number of hydrogen-bond donors (Lipinski definition) is 1. The Kier molecular flexibility index (Phi) is 6.05. The molecule has 0 aromatic carbocycles. The van der Waals surface area contributed by atoms with Gasteiger partial charge in [-0.25, -0.2) is 9.78 Å². The second kappa shape index (κ2) is 7.31. The number of aromatic nitrogens is 1. The number of aromatic carboxylic acids is 1. The summed E-state index contributed by atoms with van der Waals surface area (Å²) in [4.78, 5) is 17.3. The van der Waals surface area contributed by atoms with Gasteiger partial charge in [0.15, 0.2) is 0 Å². The van der Waals surface area contributed by atoms with Crippen molar-refractivity contribution in [2.45, 2.75) is 26.3 Å². The minimum atomic E-state index is -1.05. The van der Waals surface area contributed by atoms with Crippen molar-refractivity contribution < 1.29 is 14.6 Å². The summed E-state index contributed by atoms with van der Waals surface area (Å²) in [7, 11) is 1.62. The zero-order chi connectivity index (χ0) is 14.4. The molecule has 0 saturated carbocycles. The van der Waals surface area contributed by atoms with Gasteiger partial charge in [0, 0.05) is 25.9 Å². The van der Waals surface area contributed by atoms with Gasteiger partial charge in [0.05, 0.1) is 17.2 Å². The van der Waals surface area contributed by atoms with Gasteiger partial charge in [0.1, 0.15) is 5.82 Å². The summed E-state index contributed by atoms with van der Waals surface area (Å²) in [6.07, 6.45) is 2.37. The number of ether oxygens (including phenoxy) is 1. The van der Waals surface area contributed by atoms with Crippen molar-refractivity contribution in [1.82, 2.24) is 4.98 Å². The van der Waals surface area contributed by atoms with Gasteiger partial charge in [-0.05, 0) is 19.4 Å². The minimum absolute atomic E-state index is 0.0670. The average molecular weight is 287 g/mol. The van der Waals surface area contributed by atoms with Crippen molar-refractivity contribution in [3.63, 3.8) is 0 Å². The first-order chi connectivity index (χ1) is 9.02. The van der Waals surface area contributed by atoms with E-state index in [0.717, 1.165) is 6.42 Å². The van der Waals surface area contributed by atoms with Crippen LogP contribution in [0.2, 0.25) is 5.02 Å². The number of methoxy groups -OCH3 is 1. The van der Waals surface area contributed by atoms with Crippen LogP contribution in [-0.4, -0.2) is 42.4 Å². The van der Waals surface area contributed by atoms with E-state index in [1.165, 1.54) is 12.3 Å². The third-order valence-corrected chi connectivity index (χ3v) is 3.41. The molecule has 1 atom stereocenters. The molecule has 0 aliphatic rings. The minimum Gasteiger partial charge on any atom is -0.478 e. The molecule has 1 aromatic heterocycles. The standard InChI is InChI=1S/C13H19ClN2O3/c1-4-9(2)16(7-8-19-3)12-11(14)10(13(17)18)5-6-15-12/h5-6,9H,4,7-8H2,1-3H3,(H,17,18). The maximum atomic E-state index is 11.1. The second-order valence-corrected chi connectivity index (χ2v) is 4.62. The van der Waals surface area contributed by atoms with E-state index >= 15 is 0 Å². The number of rotatable bonds is 7. The van der Waals surface area contributed by atoms with Gasteiger partial charge in [-0.15, -0.1) is 0 Å². The van der Waals surface area contributed by atoms with Crippen LogP contribution in [-0.2, 0) is 4.74 Å². The monoisotopic (exact) mass is 286 g/mol. The summed E-state index contributed by atoms with van der Waals surface area (Å²) >= 11 is 6.15. The van der Waals surface area contributed by atoms with E-state index in [1.807, 2.05) is 11.8 Å². The van der Waals surface area contributed by atoms with E-state index in [-0.39, 0.29) is 16.6 Å². The largest absolute Gasteiger partial charge is 0.478 e. The number of halogens is 1. The summed E-state index contributed by atoms with van der Waals surface area (Å²) in [5, 5.41) is 9.26. The first-order valence-corrected chi connectivity index (χ1v) is 6.54. The molecule has 1 aromatic rings. The topological polar surface area (TPSA) is 62.7 Å². The molecule has 0 saturated heterocycles. The summed E-state index contributed by atoms with van der Waals surface area (Å²) in [5.74, 6) is -0.558. The number of hydrogen-bond acceptors (Lipinski definition) is 4. The number of pyridine rings is 1. The fourth-order valence-corrected chi connectivity index (χ4v) is 2.04. The Morgan fingerprint density at radius 3 is 2.84 bits per heavy atom. The number of carbonyl (C=O) groups is 1. The lowest BCUT2D eigenvalue weighted by Crippen LogP contribution is -2.36. The zero-order valence-corrected chi connectivity index (χ0v) is 12.1. The predicted molar refractivity (Wildman–Crippen MR) is 75.2 cm³/mol. The van der Waals surface area contributed by atoms with Gasteiger partial charge in [-0.3, -0.25) is 0 Å². The van der Waals surface area contributed by atoms with Gasteiger partial charge in [-0.2, -0.15) is 0 Å². The Labute approximate surface area is 118 Å². The van der Waals surface area contributed by atoms with E-state index < -0.39 is 5.97 Å². The fourth-order valence-electron chi connectivity index (χ4n) is 1.74. The van der Waals surface area contributed by atoms with Crippen molar-refractivity contribution in [3.05, 3.63) is 22.8 Å². The SMILES string of the molecule is CCC(C)N(CCOC)c1nccc(C(=O)O)c1Cl. The molecule has 0 aliphatic heterocycles. The van der Waals surface area contributed by atoms with Crippen LogP contribution in [0.5, 0.6) is 0 Å². The molecule has 1 N–H and O–H groups in total. The molecule has 1 heterocycles. The molecule has 19 heavy (non-hydrogen) atoms. The highest BCUT2D eigenvalue weighted by Gasteiger charge is 2.21. The summed E-state index contributed by atoms with van der Waals surface area (Å²) < 4.78 is 5.08. The Morgan fingerprint density at radius 2 is 2.32 bits per heavy atom. The molecule has 1 unspecified atom stereocenters. The highest BCUT2D eigenvalue weighted by Crippen LogP contribution is 2.28. The van der Waals surface area contributed by atoms with E-state index in [1.54, 1.807) is 7.11 Å². The van der Waals surface area contributed by atoms with E-state index in [0.29, 0.717) is 19.0 Å². The zero-order valence-electron chi connectivity index (χ0n) is 11.4. The quantitative estimate of drug-likeness (QED) is 0.835. The molecule has 0 aliphatic carbocycles. The summed E-state index contributed by atoms with van der Waals surface area (Å²) in [5.41, 5.74) is 0.0670. The predicted octanol–water partition coefficient (Wildman–Crippen LogP) is 2.68. The van der Waals surface area contributed by atoms with Crippen LogP contribution in [0.25, 0.3) is 0 Å².